The summed E-state index contributed by atoms with van der Waals surface area (Å²) in [6.45, 7) is 3.99. The molecule has 0 aliphatic carbocycles. The molecule has 0 amide bonds. The van der Waals surface area contributed by atoms with Gasteiger partial charge in [-0.15, -0.1) is 0 Å². The highest BCUT2D eigenvalue weighted by Gasteiger charge is 2.58. The number of nitrogens with zero attached hydrogens (tertiary/aromatic N) is 1. The van der Waals surface area contributed by atoms with E-state index in [1.165, 1.54) is 0 Å². The predicted molar refractivity (Wildman–Crippen MR) is 99.4 cm³/mol. The Bertz CT molecular complexity index is 935. The van der Waals surface area contributed by atoms with Crippen LogP contribution in [-0.2, 0) is 11.6 Å². The summed E-state index contributed by atoms with van der Waals surface area (Å²) in [4.78, 5) is 1.92. The molecule has 0 bridgehead atoms. The highest BCUT2D eigenvalue weighted by atomic mass is 79.9. The summed E-state index contributed by atoms with van der Waals surface area (Å²) in [6, 6.07) is 10.5. The maximum atomic E-state index is 13.6. The van der Waals surface area contributed by atoms with Crippen molar-refractivity contribution in [3.63, 3.8) is 0 Å². The summed E-state index contributed by atoms with van der Waals surface area (Å²) in [5.41, 5.74) is 0.0702. The SMILES string of the molecule is CN1c2ccccc2C(C)(C)C12C=Cc1cc(Br)cc(C(F)(F)F)c1O2. The van der Waals surface area contributed by atoms with Crippen molar-refractivity contribution in [1.29, 1.82) is 0 Å². The smallest absolute Gasteiger partial charge is 0.420 e. The molecule has 0 fully saturated rings. The Balaban J connectivity index is 1.93. The van der Waals surface area contributed by atoms with Crippen molar-refractivity contribution in [2.45, 2.75) is 31.2 Å². The normalized spacial score (nSPS) is 23.0. The molecule has 0 radical (unpaired) electrons. The van der Waals surface area contributed by atoms with Gasteiger partial charge in [-0.3, -0.25) is 0 Å². The van der Waals surface area contributed by atoms with Crippen LogP contribution in [0.5, 0.6) is 5.75 Å². The second-order valence-electron chi connectivity index (χ2n) is 7.20. The summed E-state index contributed by atoms with van der Waals surface area (Å²) in [5.74, 6) is -0.129. The van der Waals surface area contributed by atoms with Gasteiger partial charge in [-0.2, -0.15) is 13.2 Å². The Morgan fingerprint density at radius 2 is 1.81 bits per heavy atom. The van der Waals surface area contributed by atoms with Gasteiger partial charge >= 0.3 is 6.18 Å². The molecule has 1 atom stereocenters. The summed E-state index contributed by atoms with van der Waals surface area (Å²) in [6.07, 6.45) is -0.917. The average molecular weight is 424 g/mol. The Morgan fingerprint density at radius 1 is 1.12 bits per heavy atom. The van der Waals surface area contributed by atoms with Crippen LogP contribution in [0.1, 0.15) is 30.5 Å². The third-order valence-electron chi connectivity index (χ3n) is 5.47. The molecule has 0 saturated heterocycles. The standard InChI is InChI=1S/C20H17BrF3NO/c1-18(2)14-6-4-5-7-16(14)25(3)19(18)9-8-12-10-13(21)11-15(17(12)26-19)20(22,23)24/h4-11H,1-3H3. The van der Waals surface area contributed by atoms with E-state index in [0.29, 0.717) is 10.0 Å². The first-order valence-electron chi connectivity index (χ1n) is 8.20. The molecule has 0 N–H and O–H groups in total. The largest absolute Gasteiger partial charge is 0.462 e. The monoisotopic (exact) mass is 423 g/mol. The Kier molecular flexibility index (Phi) is 3.55. The van der Waals surface area contributed by atoms with Crippen molar-refractivity contribution in [2.24, 2.45) is 0 Å². The molecule has 2 heterocycles. The minimum Gasteiger partial charge on any atom is -0.462 e. The average Bonchev–Trinajstić information content (AvgIpc) is 2.73. The van der Waals surface area contributed by atoms with Gasteiger partial charge < -0.3 is 9.64 Å². The van der Waals surface area contributed by atoms with Crippen LogP contribution in [0.2, 0.25) is 0 Å². The summed E-state index contributed by atoms with van der Waals surface area (Å²) in [5, 5.41) is 0. The Hall–Kier alpha value is -1.95. The van der Waals surface area contributed by atoms with Gasteiger partial charge in [-0.1, -0.05) is 34.1 Å². The second kappa shape index (κ2) is 5.28. The molecule has 1 unspecified atom stereocenters. The quantitative estimate of drug-likeness (QED) is 0.515. The van der Waals surface area contributed by atoms with E-state index < -0.39 is 22.9 Å². The van der Waals surface area contributed by atoms with Gasteiger partial charge in [0.15, 0.2) is 0 Å². The molecular formula is C20H17BrF3NO. The third kappa shape index (κ3) is 2.17. The number of anilines is 1. The minimum absolute atomic E-state index is 0.129. The van der Waals surface area contributed by atoms with Crippen LogP contribution in [0.15, 0.2) is 46.9 Å². The maximum absolute atomic E-state index is 13.6. The number of para-hydroxylation sites is 1. The molecule has 4 rings (SSSR count). The zero-order valence-electron chi connectivity index (χ0n) is 14.5. The maximum Gasteiger partial charge on any atom is 0.420 e. The van der Waals surface area contributed by atoms with Crippen molar-refractivity contribution in [3.05, 3.63) is 63.6 Å². The van der Waals surface area contributed by atoms with Gasteiger partial charge in [-0.25, -0.2) is 0 Å². The molecule has 0 aromatic heterocycles. The van der Waals surface area contributed by atoms with E-state index in [1.54, 1.807) is 12.1 Å². The number of hydrogen-bond donors (Lipinski definition) is 0. The molecule has 2 nitrogen and oxygen atoms in total. The van der Waals surface area contributed by atoms with Crippen LogP contribution in [0.25, 0.3) is 6.08 Å². The lowest BCUT2D eigenvalue weighted by molar-refractivity contribution is -0.140. The number of halogens is 4. The van der Waals surface area contributed by atoms with E-state index in [9.17, 15) is 13.2 Å². The number of fused-ring (bicyclic) bond motifs is 2. The summed E-state index contributed by atoms with van der Waals surface area (Å²) < 4.78 is 47.5. The molecule has 2 aromatic carbocycles. The second-order valence-corrected chi connectivity index (χ2v) is 8.12. The van der Waals surface area contributed by atoms with Crippen molar-refractivity contribution < 1.29 is 17.9 Å². The third-order valence-corrected chi connectivity index (χ3v) is 5.92. The van der Waals surface area contributed by atoms with Gasteiger partial charge in [-0.05, 0) is 49.8 Å². The van der Waals surface area contributed by atoms with E-state index in [0.717, 1.165) is 17.3 Å². The zero-order valence-corrected chi connectivity index (χ0v) is 16.1. The van der Waals surface area contributed by atoms with E-state index >= 15 is 0 Å². The van der Waals surface area contributed by atoms with E-state index in [1.807, 2.05) is 56.1 Å². The number of alkyl halides is 3. The fourth-order valence-electron chi connectivity index (χ4n) is 4.06. The van der Waals surface area contributed by atoms with Gasteiger partial charge in [0.05, 0.1) is 11.0 Å². The molecule has 136 valence electrons. The van der Waals surface area contributed by atoms with Crippen molar-refractivity contribution in [1.82, 2.24) is 0 Å². The number of likely N-dealkylation sites (N-methyl/N-ethyl adjacent to an activating group) is 1. The molecule has 1 spiro atoms. The van der Waals surface area contributed by atoms with Gasteiger partial charge in [0.2, 0.25) is 5.72 Å². The number of hydrogen-bond acceptors (Lipinski definition) is 2. The number of benzene rings is 2. The lowest BCUT2D eigenvalue weighted by atomic mass is 9.76. The highest BCUT2D eigenvalue weighted by Crippen LogP contribution is 2.55. The zero-order chi connectivity index (χ0) is 18.9. The van der Waals surface area contributed by atoms with E-state index in [4.69, 9.17) is 4.74 Å². The van der Waals surface area contributed by atoms with Crippen LogP contribution in [-0.4, -0.2) is 12.8 Å². The van der Waals surface area contributed by atoms with Crippen LogP contribution in [0.4, 0.5) is 18.9 Å². The van der Waals surface area contributed by atoms with E-state index in [-0.39, 0.29) is 5.75 Å². The molecule has 2 aliphatic heterocycles. The highest BCUT2D eigenvalue weighted by molar-refractivity contribution is 9.10. The Morgan fingerprint density at radius 3 is 2.46 bits per heavy atom. The van der Waals surface area contributed by atoms with Crippen LogP contribution in [0.3, 0.4) is 0 Å². The summed E-state index contributed by atoms with van der Waals surface area (Å²) >= 11 is 3.17. The molecule has 26 heavy (non-hydrogen) atoms. The van der Waals surface area contributed by atoms with Crippen LogP contribution >= 0.6 is 15.9 Å². The lowest BCUT2D eigenvalue weighted by Gasteiger charge is -2.46. The van der Waals surface area contributed by atoms with Crippen molar-refractivity contribution in [2.75, 3.05) is 11.9 Å². The fourth-order valence-corrected chi connectivity index (χ4v) is 4.53. The molecule has 6 heteroatoms. The van der Waals surface area contributed by atoms with E-state index in [2.05, 4.69) is 15.9 Å². The van der Waals surface area contributed by atoms with Gasteiger partial charge in [0.25, 0.3) is 0 Å². The number of ether oxygens (including phenoxy) is 1. The van der Waals surface area contributed by atoms with Crippen molar-refractivity contribution >= 4 is 27.7 Å². The molecule has 2 aromatic rings. The predicted octanol–water partition coefficient (Wildman–Crippen LogP) is 6.00. The van der Waals surface area contributed by atoms with Crippen molar-refractivity contribution in [3.8, 4) is 5.75 Å². The molecule has 0 saturated carbocycles. The summed E-state index contributed by atoms with van der Waals surface area (Å²) in [7, 11) is 1.86. The first kappa shape index (κ1) is 17.5. The number of rotatable bonds is 0. The first-order valence-corrected chi connectivity index (χ1v) is 8.99. The fraction of sp³-hybridized carbons (Fsp3) is 0.300. The van der Waals surface area contributed by atoms with Crippen LogP contribution < -0.4 is 9.64 Å². The molecular weight excluding hydrogens is 407 g/mol. The minimum atomic E-state index is -4.51. The first-order chi connectivity index (χ1) is 12.1. The topological polar surface area (TPSA) is 12.5 Å². The van der Waals surface area contributed by atoms with Gasteiger partial charge in [0.1, 0.15) is 5.75 Å². The molecule has 2 aliphatic rings. The van der Waals surface area contributed by atoms with Gasteiger partial charge in [0, 0.05) is 22.8 Å². The Labute approximate surface area is 158 Å². The lowest BCUT2D eigenvalue weighted by Crippen LogP contribution is -2.58. The van der Waals surface area contributed by atoms with Crippen LogP contribution in [0, 0.1) is 0 Å².